The standard InChI is InChI=1S/C20H31N3O3/c1-6-7-16-17(14(5)24)13(4)22-18(16)20(26)23-10-8-15(9-11-23)19(25)21-12(2)3/h12,15,22H,6-11H2,1-5H3,(H,21,25). The van der Waals surface area contributed by atoms with E-state index in [0.29, 0.717) is 43.6 Å². The fraction of sp³-hybridized carbons (Fsp3) is 0.650. The van der Waals surface area contributed by atoms with Crippen LogP contribution in [-0.2, 0) is 11.2 Å². The summed E-state index contributed by atoms with van der Waals surface area (Å²) in [7, 11) is 0. The first-order valence-corrected chi connectivity index (χ1v) is 9.58. The van der Waals surface area contributed by atoms with Gasteiger partial charge in [0.1, 0.15) is 5.69 Å². The molecule has 144 valence electrons. The first-order chi connectivity index (χ1) is 12.3. The zero-order valence-electron chi connectivity index (χ0n) is 16.6. The number of carbonyl (C=O) groups is 3. The second-order valence-corrected chi connectivity index (χ2v) is 7.51. The highest BCUT2D eigenvalue weighted by Crippen LogP contribution is 2.25. The Morgan fingerprint density at radius 3 is 2.35 bits per heavy atom. The SMILES string of the molecule is CCCc1c(C(=O)N2CCC(C(=O)NC(C)C)CC2)[nH]c(C)c1C(C)=O. The molecule has 0 saturated carbocycles. The van der Waals surface area contributed by atoms with Crippen molar-refractivity contribution in [2.45, 2.75) is 66.3 Å². The molecule has 0 bridgehead atoms. The molecule has 0 spiro atoms. The molecule has 0 atom stereocenters. The Labute approximate surface area is 155 Å². The fourth-order valence-corrected chi connectivity index (χ4v) is 3.74. The molecule has 0 aliphatic carbocycles. The van der Waals surface area contributed by atoms with Crippen LogP contribution in [0.1, 0.15) is 79.1 Å². The van der Waals surface area contributed by atoms with Crippen molar-refractivity contribution in [3.63, 3.8) is 0 Å². The van der Waals surface area contributed by atoms with E-state index in [0.717, 1.165) is 17.7 Å². The van der Waals surface area contributed by atoms with E-state index in [1.54, 1.807) is 11.8 Å². The number of ketones is 1. The Hall–Kier alpha value is -2.11. The average Bonchev–Trinajstić information content (AvgIpc) is 2.90. The number of Topliss-reactive ketones (excluding diaryl/α,β-unsaturated/α-hetero) is 1. The molecule has 1 aliphatic heterocycles. The molecule has 2 rings (SSSR count). The van der Waals surface area contributed by atoms with Gasteiger partial charge in [-0.2, -0.15) is 0 Å². The highest BCUT2D eigenvalue weighted by atomic mass is 16.2. The van der Waals surface area contributed by atoms with Gasteiger partial charge in [0.2, 0.25) is 5.91 Å². The number of H-pyrrole nitrogens is 1. The van der Waals surface area contributed by atoms with Crippen LogP contribution in [0.4, 0.5) is 0 Å². The third-order valence-corrected chi connectivity index (χ3v) is 4.94. The van der Waals surface area contributed by atoms with Crippen molar-refractivity contribution in [1.29, 1.82) is 0 Å². The van der Waals surface area contributed by atoms with Crippen LogP contribution in [0.3, 0.4) is 0 Å². The van der Waals surface area contributed by atoms with Crippen molar-refractivity contribution in [2.24, 2.45) is 5.92 Å². The molecule has 0 unspecified atom stereocenters. The van der Waals surface area contributed by atoms with Crippen molar-refractivity contribution in [3.8, 4) is 0 Å². The van der Waals surface area contributed by atoms with Crippen LogP contribution in [0.25, 0.3) is 0 Å². The molecule has 1 fully saturated rings. The molecular weight excluding hydrogens is 330 g/mol. The molecule has 6 nitrogen and oxygen atoms in total. The number of aromatic amines is 1. The van der Waals surface area contributed by atoms with E-state index < -0.39 is 0 Å². The van der Waals surface area contributed by atoms with E-state index in [4.69, 9.17) is 0 Å². The van der Waals surface area contributed by atoms with Gasteiger partial charge in [-0.25, -0.2) is 0 Å². The summed E-state index contributed by atoms with van der Waals surface area (Å²) in [6.07, 6.45) is 2.92. The Morgan fingerprint density at radius 2 is 1.85 bits per heavy atom. The predicted molar refractivity (Wildman–Crippen MR) is 101 cm³/mol. The first-order valence-electron chi connectivity index (χ1n) is 9.58. The molecule has 6 heteroatoms. The third-order valence-electron chi connectivity index (χ3n) is 4.94. The summed E-state index contributed by atoms with van der Waals surface area (Å²) in [5, 5.41) is 2.95. The number of nitrogens with one attached hydrogen (secondary N) is 2. The van der Waals surface area contributed by atoms with Crippen molar-refractivity contribution in [3.05, 3.63) is 22.5 Å². The van der Waals surface area contributed by atoms with Crippen LogP contribution in [-0.4, -0.2) is 46.6 Å². The number of rotatable bonds is 6. The van der Waals surface area contributed by atoms with Gasteiger partial charge in [0.05, 0.1) is 0 Å². The van der Waals surface area contributed by atoms with E-state index in [2.05, 4.69) is 10.3 Å². The smallest absolute Gasteiger partial charge is 0.270 e. The van der Waals surface area contributed by atoms with Gasteiger partial charge in [-0.1, -0.05) is 13.3 Å². The maximum absolute atomic E-state index is 13.0. The topological polar surface area (TPSA) is 82.3 Å². The van der Waals surface area contributed by atoms with E-state index in [1.165, 1.54) is 0 Å². The maximum Gasteiger partial charge on any atom is 0.270 e. The molecular formula is C20H31N3O3. The van der Waals surface area contributed by atoms with Gasteiger partial charge in [-0.05, 0) is 52.5 Å². The maximum atomic E-state index is 13.0. The molecule has 0 radical (unpaired) electrons. The lowest BCUT2D eigenvalue weighted by Crippen LogP contribution is -2.44. The number of aryl methyl sites for hydroxylation is 1. The van der Waals surface area contributed by atoms with Gasteiger partial charge in [-0.3, -0.25) is 14.4 Å². The highest BCUT2D eigenvalue weighted by molar-refractivity contribution is 6.02. The molecule has 1 saturated heterocycles. The zero-order valence-corrected chi connectivity index (χ0v) is 16.6. The minimum atomic E-state index is -0.0632. The summed E-state index contributed by atoms with van der Waals surface area (Å²) in [6.45, 7) is 10.5. The number of amides is 2. The highest BCUT2D eigenvalue weighted by Gasteiger charge is 2.31. The molecule has 2 N–H and O–H groups in total. The van der Waals surface area contributed by atoms with Crippen LogP contribution < -0.4 is 5.32 Å². The number of hydrogen-bond donors (Lipinski definition) is 2. The molecule has 1 aromatic heterocycles. The summed E-state index contributed by atoms with van der Waals surface area (Å²) < 4.78 is 0. The molecule has 26 heavy (non-hydrogen) atoms. The third kappa shape index (κ3) is 4.34. The van der Waals surface area contributed by atoms with Gasteiger partial charge in [0.15, 0.2) is 5.78 Å². The normalized spacial score (nSPS) is 15.4. The number of piperidine rings is 1. The predicted octanol–water partition coefficient (Wildman–Crippen LogP) is 2.86. The Bertz CT molecular complexity index is 683. The van der Waals surface area contributed by atoms with E-state index in [1.807, 2.05) is 27.7 Å². The zero-order chi connectivity index (χ0) is 19.4. The van der Waals surface area contributed by atoms with E-state index >= 15 is 0 Å². The van der Waals surface area contributed by atoms with Crippen molar-refractivity contribution in [2.75, 3.05) is 13.1 Å². The molecule has 2 heterocycles. The number of likely N-dealkylation sites (tertiary alicyclic amines) is 1. The van der Waals surface area contributed by atoms with E-state index in [-0.39, 0.29) is 29.6 Å². The molecule has 1 aromatic rings. The minimum absolute atomic E-state index is 0.00897. The van der Waals surface area contributed by atoms with Crippen molar-refractivity contribution in [1.82, 2.24) is 15.2 Å². The Morgan fingerprint density at radius 1 is 1.23 bits per heavy atom. The van der Waals surface area contributed by atoms with Crippen LogP contribution in [0, 0.1) is 12.8 Å². The van der Waals surface area contributed by atoms with Gasteiger partial charge in [0, 0.05) is 36.3 Å². The molecule has 0 aromatic carbocycles. The van der Waals surface area contributed by atoms with Crippen LogP contribution in [0.2, 0.25) is 0 Å². The number of aromatic nitrogens is 1. The van der Waals surface area contributed by atoms with Crippen LogP contribution in [0.15, 0.2) is 0 Å². The lowest BCUT2D eigenvalue weighted by atomic mass is 9.95. The monoisotopic (exact) mass is 361 g/mol. The Kier molecular flexibility index (Phi) is 6.62. The van der Waals surface area contributed by atoms with Crippen molar-refractivity contribution < 1.29 is 14.4 Å². The lowest BCUT2D eigenvalue weighted by molar-refractivity contribution is -0.126. The quantitative estimate of drug-likeness (QED) is 0.764. The second-order valence-electron chi connectivity index (χ2n) is 7.51. The summed E-state index contributed by atoms with van der Waals surface area (Å²) in [6, 6.07) is 0.130. The van der Waals surface area contributed by atoms with Crippen LogP contribution >= 0.6 is 0 Å². The Balaban J connectivity index is 2.12. The first kappa shape index (κ1) is 20.2. The van der Waals surface area contributed by atoms with E-state index in [9.17, 15) is 14.4 Å². The molecule has 2 amide bonds. The lowest BCUT2D eigenvalue weighted by Gasteiger charge is -2.31. The van der Waals surface area contributed by atoms with Gasteiger partial charge in [-0.15, -0.1) is 0 Å². The average molecular weight is 361 g/mol. The summed E-state index contributed by atoms with van der Waals surface area (Å²) in [5.74, 6) is -0.0276. The summed E-state index contributed by atoms with van der Waals surface area (Å²) in [4.78, 5) is 42.1. The number of carbonyl (C=O) groups excluding carboxylic acids is 3. The van der Waals surface area contributed by atoms with Gasteiger partial charge in [0.25, 0.3) is 5.91 Å². The molecule has 1 aliphatic rings. The minimum Gasteiger partial charge on any atom is -0.354 e. The number of hydrogen-bond acceptors (Lipinski definition) is 3. The van der Waals surface area contributed by atoms with Crippen molar-refractivity contribution >= 4 is 17.6 Å². The second kappa shape index (κ2) is 8.52. The fourth-order valence-electron chi connectivity index (χ4n) is 3.74. The van der Waals surface area contributed by atoms with Gasteiger partial charge >= 0.3 is 0 Å². The largest absolute Gasteiger partial charge is 0.354 e. The summed E-state index contributed by atoms with van der Waals surface area (Å²) in [5.41, 5.74) is 2.79. The van der Waals surface area contributed by atoms with Gasteiger partial charge < -0.3 is 15.2 Å². The van der Waals surface area contributed by atoms with Crippen LogP contribution in [0.5, 0.6) is 0 Å². The summed E-state index contributed by atoms with van der Waals surface area (Å²) >= 11 is 0. The number of nitrogens with zero attached hydrogens (tertiary/aromatic N) is 1.